The molecule has 18 heavy (non-hydrogen) atoms. The molecule has 0 aromatic heterocycles. The maximum Gasteiger partial charge on any atom is 0.314 e. The molecule has 2 amide bonds. The molecule has 2 atom stereocenters. The van der Waals surface area contributed by atoms with E-state index in [-0.39, 0.29) is 18.5 Å². The van der Waals surface area contributed by atoms with Gasteiger partial charge in [0.2, 0.25) is 0 Å². The molecule has 0 aliphatic carbocycles. The Hall–Kier alpha value is -0.910. The molecule has 0 spiro atoms. The van der Waals surface area contributed by atoms with Gasteiger partial charge in [0, 0.05) is 13.1 Å². The molecule has 0 aromatic carbocycles. The Morgan fingerprint density at radius 1 is 1.17 bits per heavy atom. The molecule has 0 aliphatic heterocycles. The minimum atomic E-state index is -0.874. The Balaban J connectivity index is 3.91. The van der Waals surface area contributed by atoms with Crippen LogP contribution in [-0.2, 0) is 4.79 Å². The molecule has 2 unspecified atom stereocenters. The van der Waals surface area contributed by atoms with Gasteiger partial charge >= 0.3 is 12.0 Å². The lowest BCUT2D eigenvalue weighted by Gasteiger charge is -2.17. The summed E-state index contributed by atoms with van der Waals surface area (Å²) in [6.45, 7) is 6.49. The zero-order valence-corrected chi connectivity index (χ0v) is 12.3. The summed E-state index contributed by atoms with van der Waals surface area (Å²) < 4.78 is 0. The Morgan fingerprint density at radius 3 is 2.17 bits per heavy atom. The van der Waals surface area contributed by atoms with Crippen LogP contribution in [0.15, 0.2) is 0 Å². The summed E-state index contributed by atoms with van der Waals surface area (Å²) >= 11 is 1.74. The van der Waals surface area contributed by atoms with Crippen molar-refractivity contribution >= 4 is 23.8 Å². The summed E-state index contributed by atoms with van der Waals surface area (Å²) in [4.78, 5) is 22.4. The quantitative estimate of drug-likeness (QED) is 0.630. The normalized spacial score (nSPS) is 14.1. The van der Waals surface area contributed by atoms with E-state index in [0.29, 0.717) is 12.5 Å². The number of carbonyl (C=O) groups excluding carboxylic acids is 1. The molecule has 3 N–H and O–H groups in total. The number of rotatable bonds is 8. The summed E-state index contributed by atoms with van der Waals surface area (Å²) in [5, 5.41) is 14.3. The smallest absolute Gasteiger partial charge is 0.314 e. The average Bonchev–Trinajstić information content (AvgIpc) is 2.26. The van der Waals surface area contributed by atoms with Crippen LogP contribution in [0.3, 0.4) is 0 Å². The molecule has 0 heterocycles. The van der Waals surface area contributed by atoms with Gasteiger partial charge in [-0.3, -0.25) is 4.79 Å². The van der Waals surface area contributed by atoms with Crippen molar-refractivity contribution in [2.75, 3.05) is 25.1 Å². The van der Waals surface area contributed by atoms with Crippen LogP contribution in [0.4, 0.5) is 4.79 Å². The second-order valence-electron chi connectivity index (χ2n) is 4.84. The molecule has 0 saturated heterocycles. The summed E-state index contributed by atoms with van der Waals surface area (Å²) in [6.07, 6.45) is 2.02. The summed E-state index contributed by atoms with van der Waals surface area (Å²) in [7, 11) is 0. The number of thioether (sulfide) groups is 1. The second kappa shape index (κ2) is 9.08. The van der Waals surface area contributed by atoms with Gasteiger partial charge in [0.1, 0.15) is 0 Å². The molecule has 5 nitrogen and oxygen atoms in total. The Labute approximate surface area is 113 Å². The minimum Gasteiger partial charge on any atom is -0.481 e. The third-order valence-corrected chi connectivity index (χ3v) is 3.57. The molecule has 0 aliphatic rings. The SMILES string of the molecule is CSCC(C)CNC(=O)NCC(C(=O)O)C(C)C. The van der Waals surface area contributed by atoms with Crippen molar-refractivity contribution < 1.29 is 14.7 Å². The Kier molecular flexibility index (Phi) is 8.62. The summed E-state index contributed by atoms with van der Waals surface area (Å²) in [5.74, 6) is -0.0194. The molecule has 0 rings (SSSR count). The van der Waals surface area contributed by atoms with Crippen molar-refractivity contribution in [1.82, 2.24) is 10.6 Å². The van der Waals surface area contributed by atoms with Gasteiger partial charge in [0.05, 0.1) is 5.92 Å². The number of urea groups is 1. The lowest BCUT2D eigenvalue weighted by atomic mass is 9.96. The molecular weight excluding hydrogens is 252 g/mol. The molecule has 0 saturated carbocycles. The van der Waals surface area contributed by atoms with Crippen LogP contribution in [0.25, 0.3) is 0 Å². The topological polar surface area (TPSA) is 78.4 Å². The predicted molar refractivity (Wildman–Crippen MR) is 74.9 cm³/mol. The van der Waals surface area contributed by atoms with Crippen molar-refractivity contribution in [2.24, 2.45) is 17.8 Å². The maximum atomic E-state index is 11.5. The highest BCUT2D eigenvalue weighted by Gasteiger charge is 2.21. The van der Waals surface area contributed by atoms with Crippen LogP contribution >= 0.6 is 11.8 Å². The van der Waals surface area contributed by atoms with Crippen molar-refractivity contribution in [2.45, 2.75) is 20.8 Å². The largest absolute Gasteiger partial charge is 0.481 e. The fourth-order valence-corrected chi connectivity index (χ4v) is 2.17. The lowest BCUT2D eigenvalue weighted by molar-refractivity contribution is -0.142. The van der Waals surface area contributed by atoms with Gasteiger partial charge in [-0.05, 0) is 23.8 Å². The standard InChI is InChI=1S/C12H24N2O3S/c1-8(2)10(11(15)16)6-14-12(17)13-5-9(3)7-18-4/h8-10H,5-7H2,1-4H3,(H,15,16)(H2,13,14,17). The highest BCUT2D eigenvalue weighted by molar-refractivity contribution is 7.98. The van der Waals surface area contributed by atoms with Gasteiger partial charge in [-0.25, -0.2) is 4.79 Å². The number of nitrogens with one attached hydrogen (secondary N) is 2. The zero-order valence-electron chi connectivity index (χ0n) is 11.5. The van der Waals surface area contributed by atoms with E-state index < -0.39 is 11.9 Å². The third kappa shape index (κ3) is 7.42. The Morgan fingerprint density at radius 2 is 1.72 bits per heavy atom. The first-order chi connectivity index (χ1) is 8.38. The van der Waals surface area contributed by atoms with Crippen molar-refractivity contribution in [1.29, 1.82) is 0 Å². The van der Waals surface area contributed by atoms with Gasteiger partial charge < -0.3 is 15.7 Å². The monoisotopic (exact) mass is 276 g/mol. The van der Waals surface area contributed by atoms with Crippen LogP contribution in [-0.4, -0.2) is 42.2 Å². The van der Waals surface area contributed by atoms with E-state index in [1.165, 1.54) is 0 Å². The van der Waals surface area contributed by atoms with E-state index in [4.69, 9.17) is 5.11 Å². The number of carboxylic acids is 1. The predicted octanol–water partition coefficient (Wildman–Crippen LogP) is 1.64. The molecule has 0 radical (unpaired) electrons. The van der Waals surface area contributed by atoms with Crippen molar-refractivity contribution in [3.05, 3.63) is 0 Å². The van der Waals surface area contributed by atoms with Crippen LogP contribution in [0.2, 0.25) is 0 Å². The summed E-state index contributed by atoms with van der Waals surface area (Å²) in [6, 6.07) is -0.296. The van der Waals surface area contributed by atoms with E-state index in [1.807, 2.05) is 20.1 Å². The highest BCUT2D eigenvalue weighted by atomic mass is 32.2. The highest BCUT2D eigenvalue weighted by Crippen LogP contribution is 2.09. The zero-order chi connectivity index (χ0) is 14.1. The van der Waals surface area contributed by atoms with Crippen LogP contribution < -0.4 is 10.6 Å². The fraction of sp³-hybridized carbons (Fsp3) is 0.833. The molecule has 0 bridgehead atoms. The molecule has 0 aromatic rings. The van der Waals surface area contributed by atoms with Gasteiger partial charge in [-0.1, -0.05) is 20.8 Å². The summed E-state index contributed by atoms with van der Waals surface area (Å²) in [5.41, 5.74) is 0. The second-order valence-corrected chi connectivity index (χ2v) is 5.75. The minimum absolute atomic E-state index is 0.00165. The number of amides is 2. The van der Waals surface area contributed by atoms with Crippen molar-refractivity contribution in [3.8, 4) is 0 Å². The van der Waals surface area contributed by atoms with E-state index in [9.17, 15) is 9.59 Å². The lowest BCUT2D eigenvalue weighted by Crippen LogP contribution is -2.42. The van der Waals surface area contributed by atoms with Crippen LogP contribution in [0, 0.1) is 17.8 Å². The molecular formula is C12H24N2O3S. The molecule has 106 valence electrons. The number of carboxylic acid groups (broad SMARTS) is 1. The molecule has 6 heteroatoms. The van der Waals surface area contributed by atoms with Crippen molar-refractivity contribution in [3.63, 3.8) is 0 Å². The number of aliphatic carboxylic acids is 1. The number of hydrogen-bond acceptors (Lipinski definition) is 3. The number of hydrogen-bond donors (Lipinski definition) is 3. The number of carbonyl (C=O) groups is 2. The molecule has 0 fully saturated rings. The van der Waals surface area contributed by atoms with Crippen LogP contribution in [0.1, 0.15) is 20.8 Å². The van der Waals surface area contributed by atoms with E-state index in [0.717, 1.165) is 5.75 Å². The van der Waals surface area contributed by atoms with Gasteiger partial charge in [-0.15, -0.1) is 0 Å². The third-order valence-electron chi connectivity index (χ3n) is 2.67. The Bertz CT molecular complexity index is 272. The van der Waals surface area contributed by atoms with E-state index in [1.54, 1.807) is 11.8 Å². The fourth-order valence-electron chi connectivity index (χ4n) is 1.48. The maximum absolute atomic E-state index is 11.5. The first-order valence-electron chi connectivity index (χ1n) is 6.11. The van der Waals surface area contributed by atoms with Gasteiger partial charge in [-0.2, -0.15) is 11.8 Å². The first-order valence-corrected chi connectivity index (χ1v) is 7.51. The first kappa shape index (κ1) is 17.1. The van der Waals surface area contributed by atoms with Gasteiger partial charge in [0.25, 0.3) is 0 Å². The average molecular weight is 276 g/mol. The van der Waals surface area contributed by atoms with E-state index >= 15 is 0 Å². The van der Waals surface area contributed by atoms with Gasteiger partial charge in [0.15, 0.2) is 0 Å². The van der Waals surface area contributed by atoms with E-state index in [2.05, 4.69) is 17.6 Å². The van der Waals surface area contributed by atoms with Crippen LogP contribution in [0.5, 0.6) is 0 Å².